The van der Waals surface area contributed by atoms with Crippen LogP contribution in [0.2, 0.25) is 0 Å². The second-order valence-corrected chi connectivity index (χ2v) is 3.95. The van der Waals surface area contributed by atoms with Gasteiger partial charge in [0, 0.05) is 6.54 Å². The smallest absolute Gasteiger partial charge is 0.227 e. The molecule has 0 spiro atoms. The van der Waals surface area contributed by atoms with Crippen LogP contribution >= 0.6 is 0 Å². The molecule has 0 aromatic rings. The zero-order chi connectivity index (χ0) is 8.72. The van der Waals surface area contributed by atoms with Gasteiger partial charge in [-0.2, -0.15) is 0 Å². The lowest BCUT2D eigenvalue weighted by Crippen LogP contribution is -2.27. The van der Waals surface area contributed by atoms with Gasteiger partial charge in [-0.25, -0.2) is 0 Å². The van der Waals surface area contributed by atoms with E-state index in [0.29, 0.717) is 18.4 Å². The Morgan fingerprint density at radius 2 is 2.25 bits per heavy atom. The Bertz CT molecular complexity index is 251. The lowest BCUT2D eigenvalue weighted by atomic mass is 10.0. The molecule has 0 aliphatic carbocycles. The van der Waals surface area contributed by atoms with E-state index in [1.807, 2.05) is 4.90 Å². The van der Waals surface area contributed by atoms with Gasteiger partial charge in [-0.05, 0) is 32.3 Å². The molecule has 2 heteroatoms. The van der Waals surface area contributed by atoms with E-state index in [1.165, 1.54) is 24.0 Å². The first-order valence-corrected chi connectivity index (χ1v) is 4.66. The Labute approximate surface area is 73.2 Å². The molecule has 2 heterocycles. The van der Waals surface area contributed by atoms with E-state index >= 15 is 0 Å². The Hall–Kier alpha value is -0.790. The third-order valence-corrected chi connectivity index (χ3v) is 2.96. The summed E-state index contributed by atoms with van der Waals surface area (Å²) in [6.07, 6.45) is 3.06. The summed E-state index contributed by atoms with van der Waals surface area (Å²) in [7, 11) is 0. The van der Waals surface area contributed by atoms with Crippen LogP contribution in [0.5, 0.6) is 0 Å². The van der Waals surface area contributed by atoms with Crippen molar-refractivity contribution in [1.82, 2.24) is 4.90 Å². The molecule has 0 bridgehead atoms. The van der Waals surface area contributed by atoms with Gasteiger partial charge in [0.25, 0.3) is 0 Å². The molecule has 0 radical (unpaired) electrons. The van der Waals surface area contributed by atoms with E-state index in [9.17, 15) is 4.79 Å². The van der Waals surface area contributed by atoms with Crippen LogP contribution in [0.3, 0.4) is 0 Å². The third kappa shape index (κ3) is 0.977. The lowest BCUT2D eigenvalue weighted by Gasteiger charge is -2.15. The zero-order valence-corrected chi connectivity index (χ0v) is 7.76. The van der Waals surface area contributed by atoms with Crippen LogP contribution in [0.1, 0.15) is 33.1 Å². The fourth-order valence-electron chi connectivity index (χ4n) is 2.32. The Kier molecular flexibility index (Phi) is 1.71. The second-order valence-electron chi connectivity index (χ2n) is 3.95. The third-order valence-electron chi connectivity index (χ3n) is 2.96. The van der Waals surface area contributed by atoms with E-state index in [-0.39, 0.29) is 0 Å². The summed E-state index contributed by atoms with van der Waals surface area (Å²) < 4.78 is 0. The molecular weight excluding hydrogens is 150 g/mol. The second kappa shape index (κ2) is 2.61. The maximum absolute atomic E-state index is 11.5. The Morgan fingerprint density at radius 3 is 2.92 bits per heavy atom. The SMILES string of the molecule is CC(C)=C1CC(=O)N2CCC[C@@H]12. The minimum atomic E-state index is 0.341. The number of allylic oxidation sites excluding steroid dienone is 1. The molecular formula is C10H15NO. The highest BCUT2D eigenvalue weighted by Crippen LogP contribution is 2.34. The molecule has 2 nitrogen and oxygen atoms in total. The monoisotopic (exact) mass is 165 g/mol. The highest BCUT2D eigenvalue weighted by atomic mass is 16.2. The van der Waals surface area contributed by atoms with Crippen molar-refractivity contribution in [3.63, 3.8) is 0 Å². The zero-order valence-electron chi connectivity index (χ0n) is 7.76. The maximum atomic E-state index is 11.5. The molecule has 2 fully saturated rings. The van der Waals surface area contributed by atoms with Gasteiger partial charge in [0.2, 0.25) is 5.91 Å². The lowest BCUT2D eigenvalue weighted by molar-refractivity contribution is -0.127. The summed E-state index contributed by atoms with van der Waals surface area (Å²) in [5.74, 6) is 0.341. The molecule has 2 aliphatic rings. The van der Waals surface area contributed by atoms with Crippen LogP contribution in [0, 0.1) is 0 Å². The molecule has 2 saturated heterocycles. The molecule has 0 N–H and O–H groups in total. The van der Waals surface area contributed by atoms with Gasteiger partial charge in [-0.1, -0.05) is 5.57 Å². The summed E-state index contributed by atoms with van der Waals surface area (Å²) in [5, 5.41) is 0. The summed E-state index contributed by atoms with van der Waals surface area (Å²) in [4.78, 5) is 13.5. The average molecular weight is 165 g/mol. The number of carbonyl (C=O) groups is 1. The van der Waals surface area contributed by atoms with Crippen molar-refractivity contribution in [3.8, 4) is 0 Å². The van der Waals surface area contributed by atoms with Crippen molar-refractivity contribution in [1.29, 1.82) is 0 Å². The van der Waals surface area contributed by atoms with Gasteiger partial charge in [-0.3, -0.25) is 4.79 Å². The minimum Gasteiger partial charge on any atom is -0.336 e. The van der Waals surface area contributed by atoms with Crippen molar-refractivity contribution in [3.05, 3.63) is 11.1 Å². The maximum Gasteiger partial charge on any atom is 0.227 e. The van der Waals surface area contributed by atoms with Crippen molar-refractivity contribution >= 4 is 5.91 Å². The molecule has 0 aromatic carbocycles. The van der Waals surface area contributed by atoms with Gasteiger partial charge in [-0.15, -0.1) is 0 Å². The Balaban J connectivity index is 2.32. The normalized spacial score (nSPS) is 28.2. The first-order valence-electron chi connectivity index (χ1n) is 4.66. The van der Waals surface area contributed by atoms with E-state index in [1.54, 1.807) is 0 Å². The summed E-state index contributed by atoms with van der Waals surface area (Å²) in [6, 6.07) is 0.475. The van der Waals surface area contributed by atoms with E-state index in [2.05, 4.69) is 13.8 Å². The summed E-state index contributed by atoms with van der Waals surface area (Å²) in [6.45, 7) is 5.22. The summed E-state index contributed by atoms with van der Waals surface area (Å²) in [5.41, 5.74) is 2.73. The van der Waals surface area contributed by atoms with Crippen molar-refractivity contribution in [2.45, 2.75) is 39.2 Å². The van der Waals surface area contributed by atoms with Gasteiger partial charge < -0.3 is 4.90 Å². The molecule has 12 heavy (non-hydrogen) atoms. The van der Waals surface area contributed by atoms with Crippen LogP contribution in [0.25, 0.3) is 0 Å². The van der Waals surface area contributed by atoms with Crippen LogP contribution < -0.4 is 0 Å². The molecule has 1 atom stereocenters. The highest BCUT2D eigenvalue weighted by molar-refractivity contribution is 5.84. The number of amides is 1. The molecule has 0 saturated carbocycles. The fourth-order valence-corrected chi connectivity index (χ4v) is 2.32. The van der Waals surface area contributed by atoms with Gasteiger partial charge in [0.15, 0.2) is 0 Å². The van der Waals surface area contributed by atoms with Crippen LogP contribution in [-0.2, 0) is 4.79 Å². The standard InChI is InChI=1S/C10H15NO/c1-7(2)8-6-10(12)11-5-3-4-9(8)11/h9H,3-6H2,1-2H3/t9-/m0/s1. The fraction of sp³-hybridized carbons (Fsp3) is 0.700. The quantitative estimate of drug-likeness (QED) is 0.500. The topological polar surface area (TPSA) is 20.3 Å². The van der Waals surface area contributed by atoms with E-state index in [4.69, 9.17) is 0 Å². The molecule has 0 unspecified atom stereocenters. The number of nitrogens with zero attached hydrogens (tertiary/aromatic N) is 1. The number of carbonyl (C=O) groups excluding carboxylic acids is 1. The molecule has 0 aromatic heterocycles. The largest absolute Gasteiger partial charge is 0.336 e. The Morgan fingerprint density at radius 1 is 1.50 bits per heavy atom. The van der Waals surface area contributed by atoms with Crippen molar-refractivity contribution < 1.29 is 4.79 Å². The number of hydrogen-bond donors (Lipinski definition) is 0. The van der Waals surface area contributed by atoms with Gasteiger partial charge >= 0.3 is 0 Å². The number of hydrogen-bond acceptors (Lipinski definition) is 1. The minimum absolute atomic E-state index is 0.341. The predicted molar refractivity (Wildman–Crippen MR) is 47.7 cm³/mol. The highest BCUT2D eigenvalue weighted by Gasteiger charge is 2.38. The molecule has 2 aliphatic heterocycles. The van der Waals surface area contributed by atoms with Crippen molar-refractivity contribution in [2.75, 3.05) is 6.54 Å². The number of fused-ring (bicyclic) bond motifs is 1. The molecule has 66 valence electrons. The number of rotatable bonds is 0. The first-order chi connectivity index (χ1) is 5.70. The van der Waals surface area contributed by atoms with Gasteiger partial charge in [0.05, 0.1) is 12.5 Å². The predicted octanol–water partition coefficient (Wildman–Crippen LogP) is 1.72. The van der Waals surface area contributed by atoms with E-state index < -0.39 is 0 Å². The van der Waals surface area contributed by atoms with Crippen LogP contribution in [0.15, 0.2) is 11.1 Å². The first kappa shape index (κ1) is 7.84. The summed E-state index contributed by atoms with van der Waals surface area (Å²) >= 11 is 0. The molecule has 1 amide bonds. The van der Waals surface area contributed by atoms with Crippen LogP contribution in [-0.4, -0.2) is 23.4 Å². The average Bonchev–Trinajstić information content (AvgIpc) is 2.53. The van der Waals surface area contributed by atoms with Crippen LogP contribution in [0.4, 0.5) is 0 Å². The van der Waals surface area contributed by atoms with Crippen molar-refractivity contribution in [2.24, 2.45) is 0 Å². The molecule has 2 rings (SSSR count). The van der Waals surface area contributed by atoms with E-state index in [0.717, 1.165) is 6.54 Å². The van der Waals surface area contributed by atoms with Gasteiger partial charge in [0.1, 0.15) is 0 Å².